The first-order valence-corrected chi connectivity index (χ1v) is 9.45. The molecule has 0 saturated carbocycles. The van der Waals surface area contributed by atoms with Crippen molar-refractivity contribution in [2.45, 2.75) is 45.4 Å². The van der Waals surface area contributed by atoms with Crippen LogP contribution in [0.5, 0.6) is 5.75 Å². The van der Waals surface area contributed by atoms with Crippen molar-refractivity contribution in [2.24, 2.45) is 5.92 Å². The third kappa shape index (κ3) is 6.08. The van der Waals surface area contributed by atoms with E-state index < -0.39 is 0 Å². The van der Waals surface area contributed by atoms with Crippen LogP contribution < -0.4 is 10.1 Å². The van der Waals surface area contributed by atoms with Crippen LogP contribution in [0, 0.1) is 5.92 Å². The van der Waals surface area contributed by atoms with Gasteiger partial charge in [-0.15, -0.1) is 10.2 Å². The van der Waals surface area contributed by atoms with Gasteiger partial charge in [-0.2, -0.15) is 0 Å². The molecule has 0 unspecified atom stereocenters. The summed E-state index contributed by atoms with van der Waals surface area (Å²) < 4.78 is 7.77. The number of hydrogen-bond acceptors (Lipinski definition) is 5. The molecule has 2 rings (SSSR count). The third-order valence-corrected chi connectivity index (χ3v) is 4.41. The highest BCUT2D eigenvalue weighted by Gasteiger charge is 2.11. The number of aromatic nitrogens is 3. The van der Waals surface area contributed by atoms with Gasteiger partial charge in [-0.05, 0) is 25.8 Å². The topological polar surface area (TPSA) is 69.0 Å². The second-order valence-corrected chi connectivity index (χ2v) is 7.44. The number of rotatable bonds is 9. The van der Waals surface area contributed by atoms with Crippen LogP contribution in [0.1, 0.15) is 39.3 Å². The van der Waals surface area contributed by atoms with Gasteiger partial charge in [-0.3, -0.25) is 4.79 Å². The van der Waals surface area contributed by atoms with Gasteiger partial charge < -0.3 is 14.6 Å². The van der Waals surface area contributed by atoms with E-state index in [-0.39, 0.29) is 11.9 Å². The molecular formula is C18H26N4O2S. The molecule has 6 nitrogen and oxygen atoms in total. The van der Waals surface area contributed by atoms with Crippen LogP contribution in [0.25, 0.3) is 0 Å². The molecule has 0 aliphatic carbocycles. The number of amides is 1. The van der Waals surface area contributed by atoms with E-state index in [1.807, 2.05) is 28.8 Å². The molecule has 1 heterocycles. The molecule has 0 fully saturated rings. The maximum Gasteiger partial charge on any atom is 0.230 e. The number of benzene rings is 1. The maximum atomic E-state index is 12.1. The Morgan fingerprint density at radius 2 is 2.04 bits per heavy atom. The van der Waals surface area contributed by atoms with E-state index in [1.165, 1.54) is 11.8 Å². The van der Waals surface area contributed by atoms with Gasteiger partial charge in [-0.25, -0.2) is 0 Å². The van der Waals surface area contributed by atoms with Gasteiger partial charge in [0, 0.05) is 18.2 Å². The molecule has 0 spiro atoms. The van der Waals surface area contributed by atoms with Gasteiger partial charge in [-0.1, -0.05) is 43.8 Å². The predicted octanol–water partition coefficient (Wildman–Crippen LogP) is 3.30. The molecule has 7 heteroatoms. The minimum Gasteiger partial charge on any atom is -0.493 e. The molecule has 25 heavy (non-hydrogen) atoms. The number of ether oxygens (including phenoxy) is 1. The lowest BCUT2D eigenvalue weighted by molar-refractivity contribution is -0.118. The molecule has 1 amide bonds. The zero-order valence-corrected chi connectivity index (χ0v) is 16.0. The summed E-state index contributed by atoms with van der Waals surface area (Å²) in [5, 5.41) is 11.7. The fraction of sp³-hybridized carbons (Fsp3) is 0.500. The molecule has 0 radical (unpaired) electrons. The first kappa shape index (κ1) is 19.3. The number of thioether (sulfide) groups is 1. The third-order valence-electron chi connectivity index (χ3n) is 3.45. The summed E-state index contributed by atoms with van der Waals surface area (Å²) >= 11 is 1.39. The van der Waals surface area contributed by atoms with Crippen molar-refractivity contribution in [3.05, 3.63) is 36.2 Å². The summed E-state index contributed by atoms with van der Waals surface area (Å²) in [5.41, 5.74) is 0.979. The van der Waals surface area contributed by atoms with Gasteiger partial charge in [0.15, 0.2) is 5.16 Å². The summed E-state index contributed by atoms with van der Waals surface area (Å²) in [6.45, 7) is 9.44. The summed E-state index contributed by atoms with van der Waals surface area (Å²) in [5.74, 6) is 1.54. The van der Waals surface area contributed by atoms with Gasteiger partial charge in [0.05, 0.1) is 12.4 Å². The minimum atomic E-state index is -0.0398. The first-order chi connectivity index (χ1) is 12.0. The first-order valence-electron chi connectivity index (χ1n) is 8.47. The molecule has 0 bridgehead atoms. The standard InChI is InChI=1S/C18H26N4O2S/c1-13(2)10-24-16-8-6-5-7-15(16)9-19-17(23)11-25-18-21-20-12-22(18)14(3)4/h5-8,12-14H,9-11H2,1-4H3,(H,19,23). The SMILES string of the molecule is CC(C)COc1ccccc1CNC(=O)CSc1nncn1C(C)C. The van der Waals surface area contributed by atoms with Crippen molar-refractivity contribution in [3.63, 3.8) is 0 Å². The van der Waals surface area contributed by atoms with E-state index in [2.05, 4.69) is 43.2 Å². The molecule has 0 saturated heterocycles. The zero-order chi connectivity index (χ0) is 18.2. The summed E-state index contributed by atoms with van der Waals surface area (Å²) in [6.07, 6.45) is 1.69. The molecule has 136 valence electrons. The summed E-state index contributed by atoms with van der Waals surface area (Å²) in [4.78, 5) is 12.1. The van der Waals surface area contributed by atoms with Gasteiger partial charge in [0.1, 0.15) is 12.1 Å². The van der Waals surface area contributed by atoms with Crippen molar-refractivity contribution in [1.29, 1.82) is 0 Å². The second-order valence-electron chi connectivity index (χ2n) is 6.49. The fourth-order valence-corrected chi connectivity index (χ4v) is 2.99. The van der Waals surface area contributed by atoms with E-state index >= 15 is 0 Å². The number of nitrogens with one attached hydrogen (secondary N) is 1. The normalized spacial score (nSPS) is 11.1. The number of hydrogen-bond donors (Lipinski definition) is 1. The largest absolute Gasteiger partial charge is 0.493 e. The van der Waals surface area contributed by atoms with Crippen LogP contribution in [0.4, 0.5) is 0 Å². The monoisotopic (exact) mass is 362 g/mol. The zero-order valence-electron chi connectivity index (χ0n) is 15.2. The molecule has 2 aromatic rings. The number of nitrogens with zero attached hydrogens (tertiary/aromatic N) is 3. The lowest BCUT2D eigenvalue weighted by Crippen LogP contribution is -2.25. The molecule has 0 aliphatic heterocycles. The van der Waals surface area contributed by atoms with Gasteiger partial charge in [0.2, 0.25) is 5.91 Å². The van der Waals surface area contributed by atoms with Crippen molar-refractivity contribution in [1.82, 2.24) is 20.1 Å². The molecule has 1 N–H and O–H groups in total. The Bertz CT molecular complexity index is 685. The minimum absolute atomic E-state index is 0.0398. The van der Waals surface area contributed by atoms with E-state index in [0.717, 1.165) is 16.5 Å². The molecule has 1 aromatic carbocycles. The Balaban J connectivity index is 1.85. The molecular weight excluding hydrogens is 336 g/mol. The van der Waals surface area contributed by atoms with Crippen LogP contribution >= 0.6 is 11.8 Å². The van der Waals surface area contributed by atoms with Crippen LogP contribution in [-0.4, -0.2) is 33.0 Å². The molecule has 1 aromatic heterocycles. The van der Waals surface area contributed by atoms with Crippen molar-refractivity contribution < 1.29 is 9.53 Å². The van der Waals surface area contributed by atoms with Crippen LogP contribution in [0.15, 0.2) is 35.7 Å². The maximum absolute atomic E-state index is 12.1. The average molecular weight is 362 g/mol. The fourth-order valence-electron chi connectivity index (χ4n) is 2.11. The Labute approximate surface area is 153 Å². The smallest absolute Gasteiger partial charge is 0.230 e. The lowest BCUT2D eigenvalue weighted by Gasteiger charge is -2.13. The molecule has 0 atom stereocenters. The number of carbonyl (C=O) groups is 1. The van der Waals surface area contributed by atoms with E-state index in [9.17, 15) is 4.79 Å². The quantitative estimate of drug-likeness (QED) is 0.693. The van der Waals surface area contributed by atoms with Crippen LogP contribution in [0.3, 0.4) is 0 Å². The molecule has 0 aliphatic rings. The summed E-state index contributed by atoms with van der Waals surface area (Å²) in [7, 11) is 0. The number of carbonyl (C=O) groups excluding carboxylic acids is 1. The predicted molar refractivity (Wildman–Crippen MR) is 99.8 cm³/mol. The van der Waals surface area contributed by atoms with Crippen molar-refractivity contribution in [2.75, 3.05) is 12.4 Å². The van der Waals surface area contributed by atoms with Gasteiger partial charge in [0.25, 0.3) is 0 Å². The average Bonchev–Trinajstić information content (AvgIpc) is 3.05. The highest BCUT2D eigenvalue weighted by molar-refractivity contribution is 7.99. The highest BCUT2D eigenvalue weighted by Crippen LogP contribution is 2.20. The Morgan fingerprint density at radius 3 is 2.76 bits per heavy atom. The summed E-state index contributed by atoms with van der Waals surface area (Å²) in [6, 6.07) is 8.06. The van der Waals surface area contributed by atoms with E-state index in [1.54, 1.807) is 6.33 Å². The Hall–Kier alpha value is -2.02. The van der Waals surface area contributed by atoms with Crippen molar-refractivity contribution in [3.8, 4) is 5.75 Å². The van der Waals surface area contributed by atoms with Crippen LogP contribution in [0.2, 0.25) is 0 Å². The van der Waals surface area contributed by atoms with Crippen molar-refractivity contribution >= 4 is 17.7 Å². The Morgan fingerprint density at radius 1 is 1.28 bits per heavy atom. The Kier molecular flexibility index (Phi) is 7.31. The second kappa shape index (κ2) is 9.46. The van der Waals surface area contributed by atoms with Gasteiger partial charge >= 0.3 is 0 Å². The van der Waals surface area contributed by atoms with Crippen LogP contribution in [-0.2, 0) is 11.3 Å². The van der Waals surface area contributed by atoms with E-state index in [4.69, 9.17) is 4.74 Å². The highest BCUT2D eigenvalue weighted by atomic mass is 32.2. The number of para-hydroxylation sites is 1. The van der Waals surface area contributed by atoms with E-state index in [0.29, 0.717) is 24.8 Å². The lowest BCUT2D eigenvalue weighted by atomic mass is 10.2.